The van der Waals surface area contributed by atoms with E-state index in [4.69, 9.17) is 5.73 Å². The maximum atomic E-state index is 6.24. The fourth-order valence-electron chi connectivity index (χ4n) is 2.27. The van der Waals surface area contributed by atoms with E-state index in [9.17, 15) is 0 Å². The smallest absolute Gasteiger partial charge is 0.110 e. The minimum absolute atomic E-state index is 0.195. The van der Waals surface area contributed by atoms with Crippen molar-refractivity contribution in [2.24, 2.45) is 5.73 Å². The van der Waals surface area contributed by atoms with Gasteiger partial charge in [0.2, 0.25) is 0 Å². The Labute approximate surface area is 117 Å². The highest BCUT2D eigenvalue weighted by atomic mass is 15.1. The minimum atomic E-state index is -0.195. The number of fused-ring (bicyclic) bond motifs is 1. The lowest BCUT2D eigenvalue weighted by molar-refractivity contribution is 0.617. The van der Waals surface area contributed by atoms with Crippen molar-refractivity contribution in [3.05, 3.63) is 54.4 Å². The standard InChI is InChI=1S/C15H17N5/c1-2-20-8-7-17-15(20)9-11(16)14-10-18-12-5-3-4-6-13(12)19-14/h3-8,10-11H,2,9,16H2,1H3. The highest BCUT2D eigenvalue weighted by molar-refractivity contribution is 5.73. The molecule has 3 aromatic rings. The fourth-order valence-corrected chi connectivity index (χ4v) is 2.27. The van der Waals surface area contributed by atoms with Gasteiger partial charge in [0.15, 0.2) is 0 Å². The topological polar surface area (TPSA) is 69.6 Å². The third-order valence-corrected chi connectivity index (χ3v) is 3.39. The first kappa shape index (κ1) is 12.7. The summed E-state index contributed by atoms with van der Waals surface area (Å²) in [7, 11) is 0. The van der Waals surface area contributed by atoms with Gasteiger partial charge >= 0.3 is 0 Å². The number of aryl methyl sites for hydroxylation is 1. The molecule has 0 aliphatic carbocycles. The van der Waals surface area contributed by atoms with Crippen LogP contribution in [0.4, 0.5) is 0 Å². The number of rotatable bonds is 4. The SMILES string of the molecule is CCn1ccnc1CC(N)c1cnc2ccccc2n1. The molecule has 0 amide bonds. The zero-order valence-electron chi connectivity index (χ0n) is 11.4. The molecule has 5 heteroatoms. The second-order valence-corrected chi connectivity index (χ2v) is 4.72. The van der Waals surface area contributed by atoms with Crippen LogP contribution in [-0.4, -0.2) is 19.5 Å². The van der Waals surface area contributed by atoms with Gasteiger partial charge in [0, 0.05) is 25.4 Å². The van der Waals surface area contributed by atoms with Crippen molar-refractivity contribution in [3.8, 4) is 0 Å². The number of imidazole rings is 1. The Kier molecular flexibility index (Phi) is 3.43. The van der Waals surface area contributed by atoms with Gasteiger partial charge in [-0.1, -0.05) is 12.1 Å². The number of nitrogens with zero attached hydrogens (tertiary/aromatic N) is 4. The van der Waals surface area contributed by atoms with Crippen LogP contribution >= 0.6 is 0 Å². The van der Waals surface area contributed by atoms with Crippen molar-refractivity contribution >= 4 is 11.0 Å². The van der Waals surface area contributed by atoms with E-state index in [1.54, 1.807) is 12.4 Å². The number of hydrogen-bond donors (Lipinski definition) is 1. The molecule has 1 unspecified atom stereocenters. The van der Waals surface area contributed by atoms with Crippen LogP contribution in [0.1, 0.15) is 24.5 Å². The molecule has 102 valence electrons. The molecule has 0 saturated carbocycles. The molecule has 1 aromatic carbocycles. The van der Waals surface area contributed by atoms with Gasteiger partial charge in [-0.25, -0.2) is 9.97 Å². The summed E-state index contributed by atoms with van der Waals surface area (Å²) in [5, 5.41) is 0. The van der Waals surface area contributed by atoms with Crippen LogP contribution in [0.5, 0.6) is 0 Å². The molecule has 3 rings (SSSR count). The largest absolute Gasteiger partial charge is 0.335 e. The second-order valence-electron chi connectivity index (χ2n) is 4.72. The maximum Gasteiger partial charge on any atom is 0.110 e. The summed E-state index contributed by atoms with van der Waals surface area (Å²) in [6.45, 7) is 2.98. The van der Waals surface area contributed by atoms with Crippen molar-refractivity contribution in [3.63, 3.8) is 0 Å². The molecule has 20 heavy (non-hydrogen) atoms. The number of hydrogen-bond acceptors (Lipinski definition) is 4. The van der Waals surface area contributed by atoms with Gasteiger partial charge in [-0.15, -0.1) is 0 Å². The summed E-state index contributed by atoms with van der Waals surface area (Å²) in [6.07, 6.45) is 6.19. The molecular weight excluding hydrogens is 250 g/mol. The Morgan fingerprint density at radius 2 is 2.00 bits per heavy atom. The average molecular weight is 267 g/mol. The number of benzene rings is 1. The molecule has 2 heterocycles. The number of para-hydroxylation sites is 2. The van der Waals surface area contributed by atoms with Gasteiger partial charge in [0.25, 0.3) is 0 Å². The van der Waals surface area contributed by atoms with Crippen LogP contribution < -0.4 is 5.73 Å². The molecule has 0 saturated heterocycles. The molecule has 5 nitrogen and oxygen atoms in total. The summed E-state index contributed by atoms with van der Waals surface area (Å²) < 4.78 is 2.09. The quantitative estimate of drug-likeness (QED) is 0.785. The Bertz CT molecular complexity index is 719. The lowest BCUT2D eigenvalue weighted by Gasteiger charge is -2.12. The lowest BCUT2D eigenvalue weighted by atomic mass is 10.1. The van der Waals surface area contributed by atoms with Gasteiger partial charge in [-0.05, 0) is 19.1 Å². The number of nitrogens with two attached hydrogens (primary N) is 1. The highest BCUT2D eigenvalue weighted by Crippen LogP contribution is 2.16. The van der Waals surface area contributed by atoms with E-state index in [1.165, 1.54) is 0 Å². The molecule has 0 fully saturated rings. The van der Waals surface area contributed by atoms with E-state index in [0.717, 1.165) is 29.1 Å². The van der Waals surface area contributed by atoms with Gasteiger partial charge in [-0.3, -0.25) is 4.98 Å². The average Bonchev–Trinajstić information content (AvgIpc) is 2.94. The zero-order chi connectivity index (χ0) is 13.9. The molecule has 1 atom stereocenters. The van der Waals surface area contributed by atoms with E-state index < -0.39 is 0 Å². The van der Waals surface area contributed by atoms with Gasteiger partial charge in [0.05, 0.1) is 29.0 Å². The van der Waals surface area contributed by atoms with Crippen LogP contribution in [0.3, 0.4) is 0 Å². The van der Waals surface area contributed by atoms with Gasteiger partial charge < -0.3 is 10.3 Å². The summed E-state index contributed by atoms with van der Waals surface area (Å²) in [5.74, 6) is 0.981. The molecule has 2 aromatic heterocycles. The normalized spacial score (nSPS) is 12.7. The predicted octanol–water partition coefficient (Wildman–Crippen LogP) is 2.09. The molecule has 2 N–H and O–H groups in total. The van der Waals surface area contributed by atoms with E-state index in [-0.39, 0.29) is 6.04 Å². The Balaban J connectivity index is 1.86. The maximum absolute atomic E-state index is 6.24. The molecule has 0 spiro atoms. The third-order valence-electron chi connectivity index (χ3n) is 3.39. The summed E-state index contributed by atoms with van der Waals surface area (Å²) >= 11 is 0. The molecular formula is C15H17N5. The van der Waals surface area contributed by atoms with Crippen LogP contribution in [0.2, 0.25) is 0 Å². The monoisotopic (exact) mass is 267 g/mol. The zero-order valence-corrected chi connectivity index (χ0v) is 11.4. The molecule has 0 aliphatic rings. The summed E-state index contributed by atoms with van der Waals surface area (Å²) in [5.41, 5.74) is 8.81. The van der Waals surface area contributed by atoms with Crippen molar-refractivity contribution in [1.29, 1.82) is 0 Å². The first-order chi connectivity index (χ1) is 9.78. The van der Waals surface area contributed by atoms with E-state index >= 15 is 0 Å². The van der Waals surface area contributed by atoms with Crippen LogP contribution in [0, 0.1) is 0 Å². The van der Waals surface area contributed by atoms with Gasteiger partial charge in [0.1, 0.15) is 5.82 Å². The Morgan fingerprint density at radius 3 is 2.80 bits per heavy atom. The fraction of sp³-hybridized carbons (Fsp3) is 0.267. The molecule has 0 radical (unpaired) electrons. The van der Waals surface area contributed by atoms with Crippen LogP contribution in [-0.2, 0) is 13.0 Å². The summed E-state index contributed by atoms with van der Waals surface area (Å²) in [4.78, 5) is 13.3. The van der Waals surface area contributed by atoms with E-state index in [1.807, 2.05) is 30.5 Å². The second kappa shape index (κ2) is 5.38. The minimum Gasteiger partial charge on any atom is -0.335 e. The number of aromatic nitrogens is 4. The summed E-state index contributed by atoms with van der Waals surface area (Å²) in [6, 6.07) is 7.61. The van der Waals surface area contributed by atoms with Crippen molar-refractivity contribution in [1.82, 2.24) is 19.5 Å². The Hall–Kier alpha value is -2.27. The van der Waals surface area contributed by atoms with Crippen LogP contribution in [0.15, 0.2) is 42.9 Å². The van der Waals surface area contributed by atoms with Crippen molar-refractivity contribution in [2.45, 2.75) is 25.9 Å². The van der Waals surface area contributed by atoms with Crippen LogP contribution in [0.25, 0.3) is 11.0 Å². The van der Waals surface area contributed by atoms with Crippen molar-refractivity contribution < 1.29 is 0 Å². The first-order valence-electron chi connectivity index (χ1n) is 6.75. The molecule has 0 bridgehead atoms. The van der Waals surface area contributed by atoms with Crippen molar-refractivity contribution in [2.75, 3.05) is 0 Å². The predicted molar refractivity (Wildman–Crippen MR) is 78.1 cm³/mol. The Morgan fingerprint density at radius 1 is 1.20 bits per heavy atom. The third kappa shape index (κ3) is 2.40. The van der Waals surface area contributed by atoms with E-state index in [2.05, 4.69) is 26.4 Å². The highest BCUT2D eigenvalue weighted by Gasteiger charge is 2.13. The first-order valence-corrected chi connectivity index (χ1v) is 6.75. The van der Waals surface area contributed by atoms with E-state index in [0.29, 0.717) is 6.42 Å². The van der Waals surface area contributed by atoms with Gasteiger partial charge in [-0.2, -0.15) is 0 Å². The molecule has 0 aliphatic heterocycles. The lowest BCUT2D eigenvalue weighted by Crippen LogP contribution is -2.18.